The van der Waals surface area contributed by atoms with Gasteiger partial charge in [0.2, 0.25) is 0 Å². The van der Waals surface area contributed by atoms with Gasteiger partial charge in [-0.2, -0.15) is 0 Å². The highest BCUT2D eigenvalue weighted by atomic mass is 35.5. The number of ether oxygens (including phenoxy) is 2. The van der Waals surface area contributed by atoms with Crippen LogP contribution in [-0.4, -0.2) is 32.8 Å². The highest BCUT2D eigenvalue weighted by Gasteiger charge is 2.14. The van der Waals surface area contributed by atoms with Gasteiger partial charge in [0.25, 0.3) is 5.91 Å². The van der Waals surface area contributed by atoms with Crippen LogP contribution in [0, 0.1) is 0 Å². The summed E-state index contributed by atoms with van der Waals surface area (Å²) < 4.78 is 10.3. The second-order valence-corrected chi connectivity index (χ2v) is 4.29. The van der Waals surface area contributed by atoms with Crippen LogP contribution < -0.4 is 15.8 Å². The smallest absolute Gasteiger partial charge is 0.255 e. The van der Waals surface area contributed by atoms with Gasteiger partial charge in [0, 0.05) is 25.8 Å². The average molecular weight is 323 g/mol. The summed E-state index contributed by atoms with van der Waals surface area (Å²) in [6.45, 7) is 3.76. The number of halogens is 2. The molecule has 0 saturated carbocycles. The molecule has 0 fully saturated rings. The first-order valence-corrected chi connectivity index (χ1v) is 6.46. The predicted octanol–water partition coefficient (Wildman–Crippen LogP) is 2.51. The van der Waals surface area contributed by atoms with Gasteiger partial charge in [0.15, 0.2) is 0 Å². The van der Waals surface area contributed by atoms with Crippen molar-refractivity contribution in [3.05, 3.63) is 22.7 Å². The first-order chi connectivity index (χ1) is 9.10. The van der Waals surface area contributed by atoms with E-state index in [-0.39, 0.29) is 18.3 Å². The molecule has 0 aliphatic carbocycles. The number of rotatable bonds is 7. The van der Waals surface area contributed by atoms with E-state index >= 15 is 0 Å². The van der Waals surface area contributed by atoms with E-state index in [0.29, 0.717) is 41.8 Å². The number of nitrogen functional groups attached to an aromatic ring is 1. The molecule has 1 rings (SSSR count). The highest BCUT2D eigenvalue weighted by Crippen LogP contribution is 2.28. The summed E-state index contributed by atoms with van der Waals surface area (Å²) in [6, 6.07) is 3.05. The van der Waals surface area contributed by atoms with E-state index in [1.165, 1.54) is 19.2 Å². The van der Waals surface area contributed by atoms with Crippen LogP contribution >= 0.6 is 24.0 Å². The molecular formula is C13H20Cl2N2O3. The number of anilines is 1. The molecule has 1 amide bonds. The second-order valence-electron chi connectivity index (χ2n) is 3.88. The Kier molecular flexibility index (Phi) is 9.12. The van der Waals surface area contributed by atoms with Crippen molar-refractivity contribution in [2.45, 2.75) is 13.3 Å². The van der Waals surface area contributed by atoms with E-state index in [2.05, 4.69) is 5.32 Å². The summed E-state index contributed by atoms with van der Waals surface area (Å²) in [6.07, 6.45) is 0.755. The Morgan fingerprint density at radius 2 is 2.15 bits per heavy atom. The molecule has 5 nitrogen and oxygen atoms in total. The zero-order chi connectivity index (χ0) is 14.3. The van der Waals surface area contributed by atoms with Crippen molar-refractivity contribution >= 4 is 35.6 Å². The van der Waals surface area contributed by atoms with Crippen molar-refractivity contribution in [1.82, 2.24) is 5.32 Å². The Balaban J connectivity index is 0.00000361. The fourth-order valence-electron chi connectivity index (χ4n) is 1.53. The van der Waals surface area contributed by atoms with E-state index in [0.717, 1.165) is 6.42 Å². The number of nitrogens with one attached hydrogen (secondary N) is 1. The normalized spacial score (nSPS) is 9.75. The first-order valence-electron chi connectivity index (χ1n) is 6.09. The van der Waals surface area contributed by atoms with E-state index in [9.17, 15) is 4.79 Å². The fraction of sp³-hybridized carbons (Fsp3) is 0.462. The minimum absolute atomic E-state index is 0. The quantitative estimate of drug-likeness (QED) is 0.597. The lowest BCUT2D eigenvalue weighted by atomic mass is 10.1. The SMILES string of the molecule is CCOCCCNC(=O)c1cc(Cl)c(N)cc1OC.Cl. The molecule has 0 aliphatic rings. The number of carbonyl (C=O) groups excluding carboxylic acids is 1. The summed E-state index contributed by atoms with van der Waals surface area (Å²) >= 11 is 5.91. The molecule has 0 atom stereocenters. The summed E-state index contributed by atoms with van der Waals surface area (Å²) in [5, 5.41) is 3.11. The third-order valence-corrected chi connectivity index (χ3v) is 2.85. The van der Waals surface area contributed by atoms with Crippen molar-refractivity contribution in [1.29, 1.82) is 0 Å². The summed E-state index contributed by atoms with van der Waals surface area (Å²) in [4.78, 5) is 12.0. The van der Waals surface area contributed by atoms with E-state index in [1.54, 1.807) is 0 Å². The molecule has 0 spiro atoms. The number of hydrogen-bond donors (Lipinski definition) is 2. The average Bonchev–Trinajstić information content (AvgIpc) is 2.40. The van der Waals surface area contributed by atoms with Gasteiger partial charge in [-0.25, -0.2) is 0 Å². The third-order valence-electron chi connectivity index (χ3n) is 2.52. The number of benzene rings is 1. The standard InChI is InChI=1S/C13H19ClN2O3.ClH/c1-3-19-6-4-5-16-13(17)9-7-10(14)11(15)8-12(9)18-2;/h7-8H,3-6,15H2,1-2H3,(H,16,17);1H. The molecule has 7 heteroatoms. The summed E-state index contributed by atoms with van der Waals surface area (Å²) in [5.41, 5.74) is 6.41. The number of nitrogens with two attached hydrogens (primary N) is 1. The van der Waals surface area contributed by atoms with Crippen molar-refractivity contribution in [3.63, 3.8) is 0 Å². The molecule has 1 aromatic carbocycles. The van der Waals surface area contributed by atoms with E-state index < -0.39 is 0 Å². The van der Waals surface area contributed by atoms with Gasteiger partial charge in [-0.15, -0.1) is 12.4 Å². The Morgan fingerprint density at radius 3 is 2.75 bits per heavy atom. The van der Waals surface area contributed by atoms with Gasteiger partial charge in [0.05, 0.1) is 23.4 Å². The molecule has 0 bridgehead atoms. The van der Waals surface area contributed by atoms with Gasteiger partial charge in [0.1, 0.15) is 5.75 Å². The third kappa shape index (κ3) is 5.45. The minimum Gasteiger partial charge on any atom is -0.496 e. The second kappa shape index (κ2) is 9.69. The number of hydrogen-bond acceptors (Lipinski definition) is 4. The zero-order valence-corrected chi connectivity index (χ0v) is 13.1. The van der Waals surface area contributed by atoms with Crippen molar-refractivity contribution in [3.8, 4) is 5.75 Å². The number of methoxy groups -OCH3 is 1. The number of amides is 1. The maximum atomic E-state index is 12.0. The lowest BCUT2D eigenvalue weighted by Gasteiger charge is -2.11. The molecule has 3 N–H and O–H groups in total. The lowest BCUT2D eigenvalue weighted by Crippen LogP contribution is -2.25. The maximum absolute atomic E-state index is 12.0. The van der Waals surface area contributed by atoms with Gasteiger partial charge < -0.3 is 20.5 Å². The van der Waals surface area contributed by atoms with Crippen molar-refractivity contribution in [2.24, 2.45) is 0 Å². The molecule has 0 saturated heterocycles. The van der Waals surface area contributed by atoms with Crippen LogP contribution in [0.25, 0.3) is 0 Å². The first kappa shape index (κ1) is 18.8. The Hall–Kier alpha value is -1.17. The molecule has 0 radical (unpaired) electrons. The highest BCUT2D eigenvalue weighted by molar-refractivity contribution is 6.33. The van der Waals surface area contributed by atoms with Gasteiger partial charge >= 0.3 is 0 Å². The fourth-order valence-corrected chi connectivity index (χ4v) is 1.69. The predicted molar refractivity (Wildman–Crippen MR) is 83.1 cm³/mol. The molecule has 0 aliphatic heterocycles. The Bertz CT molecular complexity index is 442. The topological polar surface area (TPSA) is 73.6 Å². The maximum Gasteiger partial charge on any atom is 0.255 e. The van der Waals surface area contributed by atoms with Crippen LogP contribution in [0.15, 0.2) is 12.1 Å². The van der Waals surface area contributed by atoms with Crippen LogP contribution in [0.4, 0.5) is 5.69 Å². The molecule has 0 unspecified atom stereocenters. The Morgan fingerprint density at radius 1 is 1.45 bits per heavy atom. The van der Waals surface area contributed by atoms with Crippen molar-refractivity contribution < 1.29 is 14.3 Å². The van der Waals surface area contributed by atoms with Crippen LogP contribution in [0.1, 0.15) is 23.7 Å². The van der Waals surface area contributed by atoms with Crippen LogP contribution in [0.2, 0.25) is 5.02 Å². The van der Waals surface area contributed by atoms with Gasteiger partial charge in [-0.05, 0) is 19.4 Å². The van der Waals surface area contributed by atoms with Crippen LogP contribution in [0.5, 0.6) is 5.75 Å². The zero-order valence-electron chi connectivity index (χ0n) is 11.6. The molecule has 0 heterocycles. The monoisotopic (exact) mass is 322 g/mol. The number of carbonyl (C=O) groups is 1. The lowest BCUT2D eigenvalue weighted by molar-refractivity contribution is 0.0941. The molecule has 0 aromatic heterocycles. The van der Waals surface area contributed by atoms with Crippen molar-refractivity contribution in [2.75, 3.05) is 32.6 Å². The molecule has 1 aromatic rings. The minimum atomic E-state index is -0.241. The van der Waals surface area contributed by atoms with Crippen LogP contribution in [0.3, 0.4) is 0 Å². The van der Waals surface area contributed by atoms with Crippen LogP contribution in [-0.2, 0) is 4.74 Å². The summed E-state index contributed by atoms with van der Waals surface area (Å²) in [5.74, 6) is 0.166. The summed E-state index contributed by atoms with van der Waals surface area (Å²) in [7, 11) is 1.48. The molecule has 20 heavy (non-hydrogen) atoms. The molecule has 114 valence electrons. The largest absolute Gasteiger partial charge is 0.496 e. The Labute approximate surface area is 130 Å². The van der Waals surface area contributed by atoms with Gasteiger partial charge in [-0.1, -0.05) is 11.6 Å². The van der Waals surface area contributed by atoms with E-state index in [4.69, 9.17) is 26.8 Å². The van der Waals surface area contributed by atoms with E-state index in [1.807, 2.05) is 6.92 Å². The molecular weight excluding hydrogens is 303 g/mol. The van der Waals surface area contributed by atoms with Gasteiger partial charge in [-0.3, -0.25) is 4.79 Å².